The number of ether oxygens (including phenoxy) is 4. The second-order valence-corrected chi connectivity index (χ2v) is 10.1. The summed E-state index contributed by atoms with van der Waals surface area (Å²) in [5.41, 5.74) is 0.0554. The first-order valence-electron chi connectivity index (χ1n) is 13.0. The molecule has 0 spiro atoms. The summed E-state index contributed by atoms with van der Waals surface area (Å²) in [4.78, 5) is 0. The van der Waals surface area contributed by atoms with E-state index in [9.17, 15) is 56.2 Å². The lowest BCUT2D eigenvalue weighted by atomic mass is 9.99. The molecule has 0 amide bonds. The van der Waals surface area contributed by atoms with Crippen LogP contribution in [-0.2, 0) is 9.47 Å². The molecule has 5 rings (SSSR count). The number of aromatic hydroxyl groups is 3. The van der Waals surface area contributed by atoms with Crippen molar-refractivity contribution in [3.63, 3.8) is 0 Å². The molecule has 16 nitrogen and oxygen atoms in total. The van der Waals surface area contributed by atoms with Crippen LogP contribution in [0.3, 0.4) is 0 Å². The minimum Gasteiger partial charge on any atom is -0.507 e. The van der Waals surface area contributed by atoms with Crippen LogP contribution in [0, 0.1) is 0 Å². The highest BCUT2D eigenvalue weighted by molar-refractivity contribution is 5.88. The molecule has 2 saturated heterocycles. The Morgan fingerprint density at radius 2 is 1.19 bits per heavy atom. The average Bonchev–Trinajstić information content (AvgIpc) is 2.98. The molecule has 2 aliphatic rings. The topological polar surface area (TPSA) is 271 Å². The predicted molar refractivity (Wildman–Crippen MR) is 140 cm³/mol. The number of phenols is 3. The largest absolute Gasteiger partial charge is 0.507 e. The number of aliphatic hydroxyl groups excluding tert-OH is 8. The van der Waals surface area contributed by atoms with E-state index in [0.717, 1.165) is 12.1 Å². The zero-order chi connectivity index (χ0) is 31.2. The Kier molecular flexibility index (Phi) is 8.77. The van der Waals surface area contributed by atoms with Crippen LogP contribution in [0.2, 0.25) is 0 Å². The Morgan fingerprint density at radius 3 is 1.74 bits per heavy atom. The summed E-state index contributed by atoms with van der Waals surface area (Å²) in [6.07, 6.45) is -16.3. The lowest BCUT2D eigenvalue weighted by molar-refractivity contribution is -0.277. The molecule has 234 valence electrons. The normalized spacial score (nSPS) is 32.9. The SMILES string of the molecule is OC[C@H]1O[C@@H](Oc2cc3c(O)cc(O)cc3[o+]c2-c2ccc(O)c(O[C@@H]3O[C@H](CO)[C@@H](O)[C@H](O)[C@H]3O)c2)[C@H](O)[C@@H](O)[C@H]1O. The van der Waals surface area contributed by atoms with Gasteiger partial charge < -0.3 is 75.1 Å². The highest BCUT2D eigenvalue weighted by Crippen LogP contribution is 2.43. The minimum atomic E-state index is -1.81. The Hall–Kier alpha value is -3.55. The lowest BCUT2D eigenvalue weighted by Gasteiger charge is -2.39. The summed E-state index contributed by atoms with van der Waals surface area (Å²) in [6.45, 7) is -1.44. The first kappa shape index (κ1) is 30.9. The van der Waals surface area contributed by atoms with E-state index in [1.54, 1.807) is 0 Å². The molecule has 2 aliphatic heterocycles. The van der Waals surface area contributed by atoms with Crippen LogP contribution in [0.25, 0.3) is 22.3 Å². The van der Waals surface area contributed by atoms with E-state index >= 15 is 0 Å². The van der Waals surface area contributed by atoms with Gasteiger partial charge in [0.25, 0.3) is 0 Å². The summed E-state index contributed by atoms with van der Waals surface area (Å²) >= 11 is 0. The molecule has 10 atom stereocenters. The smallest absolute Gasteiger partial charge is 0.402 e. The first-order chi connectivity index (χ1) is 20.4. The number of hydrogen-bond donors (Lipinski definition) is 11. The van der Waals surface area contributed by atoms with Gasteiger partial charge in [-0.25, -0.2) is 4.42 Å². The molecule has 0 unspecified atom stereocenters. The van der Waals surface area contributed by atoms with Gasteiger partial charge in [0.15, 0.2) is 11.5 Å². The van der Waals surface area contributed by atoms with Crippen molar-refractivity contribution in [3.05, 3.63) is 36.4 Å². The Balaban J connectivity index is 1.55. The second-order valence-electron chi connectivity index (χ2n) is 10.1. The van der Waals surface area contributed by atoms with Crippen LogP contribution in [0.5, 0.6) is 28.7 Å². The molecular weight excluding hydrogens is 580 g/mol. The van der Waals surface area contributed by atoms with Crippen molar-refractivity contribution in [2.24, 2.45) is 0 Å². The van der Waals surface area contributed by atoms with Crippen molar-refractivity contribution >= 4 is 11.0 Å². The molecular formula is C27H31O16+. The summed E-state index contributed by atoms with van der Waals surface area (Å²) in [6, 6.07) is 7.17. The van der Waals surface area contributed by atoms with E-state index in [2.05, 4.69) is 0 Å². The van der Waals surface area contributed by atoms with E-state index in [1.807, 2.05) is 0 Å². The van der Waals surface area contributed by atoms with E-state index in [-0.39, 0.29) is 39.5 Å². The highest BCUT2D eigenvalue weighted by atomic mass is 16.7. The van der Waals surface area contributed by atoms with Gasteiger partial charge >= 0.3 is 11.3 Å². The van der Waals surface area contributed by atoms with Crippen molar-refractivity contribution in [3.8, 4) is 40.1 Å². The number of aliphatic hydroxyl groups is 8. The Labute approximate surface area is 242 Å². The maximum absolute atomic E-state index is 10.5. The molecule has 0 saturated carbocycles. The quantitative estimate of drug-likeness (QED) is 0.127. The van der Waals surface area contributed by atoms with E-state index < -0.39 is 86.1 Å². The maximum Gasteiger partial charge on any atom is 0.402 e. The molecule has 0 bridgehead atoms. The minimum absolute atomic E-state index is 0.0395. The van der Waals surface area contributed by atoms with Crippen LogP contribution in [0.4, 0.5) is 0 Å². The first-order valence-corrected chi connectivity index (χ1v) is 13.0. The van der Waals surface area contributed by atoms with Crippen LogP contribution in [-0.4, -0.2) is 131 Å². The number of hydrogen-bond acceptors (Lipinski definition) is 15. The van der Waals surface area contributed by atoms with Gasteiger partial charge in [-0.15, -0.1) is 0 Å². The van der Waals surface area contributed by atoms with Crippen LogP contribution < -0.4 is 9.47 Å². The zero-order valence-electron chi connectivity index (χ0n) is 22.1. The second kappa shape index (κ2) is 12.2. The Bertz CT molecular complexity index is 1450. The van der Waals surface area contributed by atoms with Crippen molar-refractivity contribution in [1.29, 1.82) is 0 Å². The van der Waals surface area contributed by atoms with Crippen LogP contribution in [0.15, 0.2) is 40.8 Å². The van der Waals surface area contributed by atoms with E-state index in [0.29, 0.717) is 0 Å². The monoisotopic (exact) mass is 611 g/mol. The van der Waals surface area contributed by atoms with Gasteiger partial charge in [0.05, 0.1) is 24.8 Å². The summed E-state index contributed by atoms with van der Waals surface area (Å²) in [5, 5.41) is 111. The molecule has 3 aromatic rings. The van der Waals surface area contributed by atoms with Gasteiger partial charge in [-0.1, -0.05) is 0 Å². The van der Waals surface area contributed by atoms with Gasteiger partial charge in [0.2, 0.25) is 18.3 Å². The van der Waals surface area contributed by atoms with E-state index in [4.69, 9.17) is 23.4 Å². The summed E-state index contributed by atoms with van der Waals surface area (Å²) in [5.74, 6) is -1.93. The fourth-order valence-electron chi connectivity index (χ4n) is 4.80. The number of fused-ring (bicyclic) bond motifs is 1. The molecule has 2 fully saturated rings. The van der Waals surface area contributed by atoms with Crippen molar-refractivity contribution in [2.45, 2.75) is 61.4 Å². The zero-order valence-corrected chi connectivity index (χ0v) is 22.1. The molecule has 16 heteroatoms. The lowest BCUT2D eigenvalue weighted by Crippen LogP contribution is -2.60. The summed E-state index contributed by atoms with van der Waals surface area (Å²) in [7, 11) is 0. The van der Waals surface area contributed by atoms with Crippen LogP contribution in [0.1, 0.15) is 0 Å². The predicted octanol–water partition coefficient (Wildman–Crippen LogP) is -2.14. The molecule has 0 radical (unpaired) electrons. The van der Waals surface area contributed by atoms with Crippen molar-refractivity contribution in [1.82, 2.24) is 0 Å². The van der Waals surface area contributed by atoms with Crippen LogP contribution >= 0.6 is 0 Å². The fourth-order valence-corrected chi connectivity index (χ4v) is 4.80. The van der Waals surface area contributed by atoms with Crippen molar-refractivity contribution in [2.75, 3.05) is 13.2 Å². The van der Waals surface area contributed by atoms with Crippen molar-refractivity contribution < 1.29 is 79.5 Å². The molecule has 11 N–H and O–H groups in total. The maximum atomic E-state index is 10.5. The third-order valence-corrected chi connectivity index (χ3v) is 7.22. The Morgan fingerprint density at radius 1 is 0.628 bits per heavy atom. The molecule has 3 heterocycles. The van der Waals surface area contributed by atoms with E-state index in [1.165, 1.54) is 24.3 Å². The number of phenolic OH excluding ortho intramolecular Hbond substituents is 3. The average molecular weight is 612 g/mol. The standard InChI is InChI=1S/C27H30O16/c28-7-17-19(33)21(35)23(37)26(42-17)40-15-3-9(1-2-12(15)31)25-16(6-11-13(32)4-10(30)5-14(11)39-25)41-27-24(38)22(36)20(34)18(8-29)43-27/h1-6,17-24,26-29,33-38H,7-8H2,(H2-,30,31,32)/p+1/t17-,18-,19-,20+,21+,22+,23-,24-,26-,27-/m1/s1. The van der Waals surface area contributed by atoms with Gasteiger partial charge in [-0.2, -0.15) is 0 Å². The fraction of sp³-hybridized carbons (Fsp3) is 0.444. The molecule has 2 aromatic carbocycles. The molecule has 1 aromatic heterocycles. The van der Waals surface area contributed by atoms with Gasteiger partial charge in [0, 0.05) is 18.2 Å². The highest BCUT2D eigenvalue weighted by Gasteiger charge is 2.47. The van der Waals surface area contributed by atoms with Gasteiger partial charge in [-0.3, -0.25) is 0 Å². The third-order valence-electron chi connectivity index (χ3n) is 7.22. The number of rotatable bonds is 7. The molecule has 43 heavy (non-hydrogen) atoms. The van der Waals surface area contributed by atoms with Gasteiger partial charge in [0.1, 0.15) is 65.7 Å². The third kappa shape index (κ3) is 5.85. The summed E-state index contributed by atoms with van der Waals surface area (Å²) < 4.78 is 28.1. The number of benzene rings is 2. The molecule has 0 aliphatic carbocycles. The van der Waals surface area contributed by atoms with Gasteiger partial charge in [-0.05, 0) is 12.1 Å².